The van der Waals surface area contributed by atoms with Gasteiger partial charge in [-0.2, -0.15) is 16.9 Å². The van der Waals surface area contributed by atoms with Crippen LogP contribution in [0.1, 0.15) is 12.2 Å². The molecule has 1 unspecified atom stereocenters. The Hall–Kier alpha value is -1.23. The van der Waals surface area contributed by atoms with E-state index in [4.69, 9.17) is 0 Å². The van der Waals surface area contributed by atoms with Gasteiger partial charge in [-0.05, 0) is 42.9 Å². The molecule has 3 rings (SSSR count). The minimum absolute atomic E-state index is 0.813. The molecule has 1 atom stereocenters. The average molecular weight is 248 g/mol. The second-order valence-electron chi connectivity index (χ2n) is 4.49. The van der Waals surface area contributed by atoms with E-state index in [0.29, 0.717) is 0 Å². The number of aryl methyl sites for hydroxylation is 1. The molecule has 2 aromatic heterocycles. The van der Waals surface area contributed by atoms with Crippen LogP contribution in [-0.4, -0.2) is 32.6 Å². The Morgan fingerprint density at radius 3 is 3.29 bits per heavy atom. The van der Waals surface area contributed by atoms with Crippen molar-refractivity contribution in [2.45, 2.75) is 13.3 Å². The number of pyridine rings is 1. The normalized spacial score (nSPS) is 19.9. The number of anilines is 1. The minimum Gasteiger partial charge on any atom is -0.383 e. The number of fused-ring (bicyclic) bond motifs is 1. The maximum absolute atomic E-state index is 4.32. The van der Waals surface area contributed by atoms with Gasteiger partial charge >= 0.3 is 0 Å². The van der Waals surface area contributed by atoms with Crippen LogP contribution < -0.4 is 5.32 Å². The molecule has 4 nitrogen and oxygen atoms in total. The van der Waals surface area contributed by atoms with E-state index in [-0.39, 0.29) is 0 Å². The first-order chi connectivity index (χ1) is 8.31. The molecule has 90 valence electrons. The Morgan fingerprint density at radius 2 is 2.47 bits per heavy atom. The Bertz CT molecular complexity index is 516. The highest BCUT2D eigenvalue weighted by atomic mass is 32.2. The third kappa shape index (κ3) is 2.39. The van der Waals surface area contributed by atoms with Gasteiger partial charge < -0.3 is 5.32 Å². The zero-order valence-electron chi connectivity index (χ0n) is 9.89. The van der Waals surface area contributed by atoms with Crippen LogP contribution in [0.15, 0.2) is 18.3 Å². The Kier molecular flexibility index (Phi) is 2.93. The van der Waals surface area contributed by atoms with Gasteiger partial charge in [0.15, 0.2) is 5.65 Å². The highest BCUT2D eigenvalue weighted by Gasteiger charge is 2.14. The maximum atomic E-state index is 4.32. The van der Waals surface area contributed by atoms with Gasteiger partial charge in [0.05, 0.1) is 11.9 Å². The molecule has 0 amide bonds. The lowest BCUT2D eigenvalue weighted by Crippen LogP contribution is -2.13. The van der Waals surface area contributed by atoms with Crippen molar-refractivity contribution in [1.29, 1.82) is 0 Å². The van der Waals surface area contributed by atoms with Crippen LogP contribution in [-0.2, 0) is 0 Å². The van der Waals surface area contributed by atoms with Crippen LogP contribution in [0.4, 0.5) is 5.69 Å². The molecule has 0 bridgehead atoms. The van der Waals surface area contributed by atoms with Crippen LogP contribution in [0.25, 0.3) is 5.65 Å². The number of aromatic nitrogens is 3. The maximum Gasteiger partial charge on any atom is 0.155 e. The quantitative estimate of drug-likeness (QED) is 0.904. The van der Waals surface area contributed by atoms with Crippen LogP contribution in [0.2, 0.25) is 0 Å². The van der Waals surface area contributed by atoms with E-state index in [1.165, 1.54) is 17.9 Å². The first kappa shape index (κ1) is 10.9. The summed E-state index contributed by atoms with van der Waals surface area (Å²) in [5.41, 5.74) is 2.03. The largest absolute Gasteiger partial charge is 0.383 e. The summed E-state index contributed by atoms with van der Waals surface area (Å²) in [5.74, 6) is 4.23. The van der Waals surface area contributed by atoms with E-state index >= 15 is 0 Å². The summed E-state index contributed by atoms with van der Waals surface area (Å²) in [6.45, 7) is 2.97. The molecule has 1 N–H and O–H groups in total. The first-order valence-electron chi connectivity index (χ1n) is 5.96. The molecule has 0 aliphatic carbocycles. The Balaban J connectivity index is 1.71. The predicted octanol–water partition coefficient (Wildman–Crippen LogP) is 2.20. The fourth-order valence-electron chi connectivity index (χ4n) is 2.11. The van der Waals surface area contributed by atoms with E-state index in [1.807, 2.05) is 23.7 Å². The summed E-state index contributed by atoms with van der Waals surface area (Å²) in [4.78, 5) is 4.31. The van der Waals surface area contributed by atoms with E-state index in [2.05, 4.69) is 33.2 Å². The van der Waals surface area contributed by atoms with Gasteiger partial charge in [0.1, 0.15) is 5.82 Å². The SMILES string of the molecule is Cc1nc2ccc(NCC3CCSC3)cn2n1. The topological polar surface area (TPSA) is 42.2 Å². The molecule has 1 saturated heterocycles. The van der Waals surface area contributed by atoms with Gasteiger partial charge in [0.2, 0.25) is 0 Å². The molecular formula is C12H16N4S. The van der Waals surface area contributed by atoms with Gasteiger partial charge in [-0.15, -0.1) is 0 Å². The molecule has 1 aliphatic heterocycles. The molecule has 2 aromatic rings. The number of thioether (sulfide) groups is 1. The molecule has 0 aromatic carbocycles. The van der Waals surface area contributed by atoms with Gasteiger partial charge in [-0.3, -0.25) is 0 Å². The number of nitrogens with one attached hydrogen (secondary N) is 1. The van der Waals surface area contributed by atoms with E-state index < -0.39 is 0 Å². The summed E-state index contributed by atoms with van der Waals surface area (Å²) < 4.78 is 1.83. The summed E-state index contributed by atoms with van der Waals surface area (Å²) in [5, 5.41) is 7.80. The van der Waals surface area contributed by atoms with Crippen molar-refractivity contribution in [2.24, 2.45) is 5.92 Å². The summed E-state index contributed by atoms with van der Waals surface area (Å²) >= 11 is 2.06. The summed E-state index contributed by atoms with van der Waals surface area (Å²) in [7, 11) is 0. The van der Waals surface area contributed by atoms with Crippen molar-refractivity contribution < 1.29 is 0 Å². The smallest absolute Gasteiger partial charge is 0.155 e. The number of hydrogen-bond donors (Lipinski definition) is 1. The Morgan fingerprint density at radius 1 is 1.53 bits per heavy atom. The van der Waals surface area contributed by atoms with Crippen molar-refractivity contribution >= 4 is 23.1 Å². The molecule has 1 fully saturated rings. The molecule has 0 radical (unpaired) electrons. The van der Waals surface area contributed by atoms with Crippen LogP contribution in [0.5, 0.6) is 0 Å². The fraction of sp³-hybridized carbons (Fsp3) is 0.500. The number of hydrogen-bond acceptors (Lipinski definition) is 4. The highest BCUT2D eigenvalue weighted by molar-refractivity contribution is 7.99. The molecule has 0 spiro atoms. The lowest BCUT2D eigenvalue weighted by Gasteiger charge is -2.10. The monoisotopic (exact) mass is 248 g/mol. The van der Waals surface area contributed by atoms with Gasteiger partial charge in [0.25, 0.3) is 0 Å². The number of nitrogens with zero attached hydrogens (tertiary/aromatic N) is 3. The second kappa shape index (κ2) is 4.56. The lowest BCUT2D eigenvalue weighted by molar-refractivity contribution is 0.631. The van der Waals surface area contributed by atoms with Crippen molar-refractivity contribution in [2.75, 3.05) is 23.4 Å². The molecule has 3 heterocycles. The molecule has 17 heavy (non-hydrogen) atoms. The standard InChI is InChI=1S/C12H16N4S/c1-9-14-12-3-2-11(7-16(12)15-9)13-6-10-4-5-17-8-10/h2-3,7,10,13H,4-6,8H2,1H3. The third-order valence-electron chi connectivity index (χ3n) is 3.06. The number of rotatable bonds is 3. The van der Waals surface area contributed by atoms with Gasteiger partial charge in [-0.25, -0.2) is 9.50 Å². The van der Waals surface area contributed by atoms with E-state index in [1.54, 1.807) is 0 Å². The van der Waals surface area contributed by atoms with E-state index in [0.717, 1.165) is 29.6 Å². The molecule has 0 saturated carbocycles. The van der Waals surface area contributed by atoms with Crippen molar-refractivity contribution in [3.8, 4) is 0 Å². The molecular weight excluding hydrogens is 232 g/mol. The zero-order valence-corrected chi connectivity index (χ0v) is 10.7. The van der Waals surface area contributed by atoms with Crippen molar-refractivity contribution in [3.63, 3.8) is 0 Å². The lowest BCUT2D eigenvalue weighted by atomic mass is 10.1. The van der Waals surface area contributed by atoms with Crippen molar-refractivity contribution in [3.05, 3.63) is 24.2 Å². The van der Waals surface area contributed by atoms with Crippen LogP contribution in [0, 0.1) is 12.8 Å². The molecule has 5 heteroatoms. The van der Waals surface area contributed by atoms with Crippen LogP contribution >= 0.6 is 11.8 Å². The van der Waals surface area contributed by atoms with Gasteiger partial charge in [0, 0.05) is 6.54 Å². The predicted molar refractivity (Wildman–Crippen MR) is 71.6 cm³/mol. The summed E-state index contributed by atoms with van der Waals surface area (Å²) in [6.07, 6.45) is 3.35. The van der Waals surface area contributed by atoms with Crippen LogP contribution in [0.3, 0.4) is 0 Å². The van der Waals surface area contributed by atoms with Crippen molar-refractivity contribution in [1.82, 2.24) is 14.6 Å². The molecule has 1 aliphatic rings. The summed E-state index contributed by atoms with van der Waals surface area (Å²) in [6, 6.07) is 4.08. The third-order valence-corrected chi connectivity index (χ3v) is 4.29. The first-order valence-corrected chi connectivity index (χ1v) is 7.11. The zero-order chi connectivity index (χ0) is 11.7. The second-order valence-corrected chi connectivity index (χ2v) is 5.64. The average Bonchev–Trinajstić information content (AvgIpc) is 2.92. The minimum atomic E-state index is 0.813. The Labute approximate surface area is 105 Å². The van der Waals surface area contributed by atoms with Gasteiger partial charge in [-0.1, -0.05) is 0 Å². The fourth-order valence-corrected chi connectivity index (χ4v) is 3.39. The van der Waals surface area contributed by atoms with E-state index in [9.17, 15) is 0 Å². The highest BCUT2D eigenvalue weighted by Crippen LogP contribution is 2.23.